The number of nitrogens with zero attached hydrogens (tertiary/aromatic N) is 5. The van der Waals surface area contributed by atoms with Crippen LogP contribution in [0.15, 0.2) is 131 Å². The lowest BCUT2D eigenvalue weighted by Gasteiger charge is -2.09. The van der Waals surface area contributed by atoms with E-state index in [1.165, 1.54) is 23.0 Å². The van der Waals surface area contributed by atoms with E-state index >= 15 is 0 Å². The highest BCUT2D eigenvalue weighted by molar-refractivity contribution is 7.89. The number of nitrogens with two attached hydrogens (primary N) is 1. The lowest BCUT2D eigenvalue weighted by atomic mass is 10.1. The third-order valence-electron chi connectivity index (χ3n) is 6.80. The number of primary sulfonamides is 1. The fourth-order valence-electron chi connectivity index (χ4n) is 4.80. The normalized spacial score (nSPS) is 11.8. The van der Waals surface area contributed by atoms with Crippen LogP contribution < -0.4 is 5.14 Å². The summed E-state index contributed by atoms with van der Waals surface area (Å²) < 4.78 is 26.7. The Labute approximate surface area is 241 Å². The molecule has 0 aliphatic heterocycles. The lowest BCUT2D eigenvalue weighted by molar-refractivity contribution is 0.0995. The Morgan fingerprint density at radius 2 is 1.50 bits per heavy atom. The average Bonchev–Trinajstić information content (AvgIpc) is 3.56. The monoisotopic (exact) mass is 576 g/mol. The molecule has 6 rings (SSSR count). The largest absolute Gasteiger partial charge is 0.493 e. The zero-order valence-electron chi connectivity index (χ0n) is 22.1. The van der Waals surface area contributed by atoms with Crippen molar-refractivity contribution in [3.8, 4) is 22.8 Å². The summed E-state index contributed by atoms with van der Waals surface area (Å²) in [5.41, 5.74) is 3.74. The van der Waals surface area contributed by atoms with E-state index in [9.17, 15) is 18.3 Å². The van der Waals surface area contributed by atoms with Gasteiger partial charge in [0.25, 0.3) is 5.91 Å². The van der Waals surface area contributed by atoms with E-state index in [2.05, 4.69) is 15.3 Å². The summed E-state index contributed by atoms with van der Waals surface area (Å²) in [6, 6.07) is 32.1. The first-order valence-corrected chi connectivity index (χ1v) is 14.4. The molecule has 0 radical (unpaired) electrons. The van der Waals surface area contributed by atoms with Crippen LogP contribution >= 0.6 is 0 Å². The SMILES string of the molecule is NS(=O)(=O)c1ccc(-n2ncc(C(=O)N=Nc3c(O)n(Cc4ccccc4)c4ccccc34)c2-c2ccccc2)cc1. The first-order valence-electron chi connectivity index (χ1n) is 12.9. The number of para-hydroxylation sites is 1. The molecule has 0 aliphatic rings. The molecule has 2 aromatic heterocycles. The predicted molar refractivity (Wildman–Crippen MR) is 158 cm³/mol. The van der Waals surface area contributed by atoms with Crippen LogP contribution in [-0.2, 0) is 16.6 Å². The van der Waals surface area contributed by atoms with Crippen molar-refractivity contribution in [2.75, 3.05) is 0 Å². The third kappa shape index (κ3) is 5.09. The molecule has 0 unspecified atom stereocenters. The van der Waals surface area contributed by atoms with E-state index in [-0.39, 0.29) is 22.0 Å². The second-order valence-electron chi connectivity index (χ2n) is 9.49. The Bertz CT molecular complexity index is 2050. The maximum absolute atomic E-state index is 13.5. The molecule has 2 heterocycles. The highest BCUT2D eigenvalue weighted by Gasteiger charge is 2.22. The molecule has 4 aromatic carbocycles. The molecule has 6 aromatic rings. The van der Waals surface area contributed by atoms with E-state index < -0.39 is 15.9 Å². The van der Waals surface area contributed by atoms with Gasteiger partial charge in [-0.15, -0.1) is 10.2 Å². The van der Waals surface area contributed by atoms with Gasteiger partial charge in [-0.1, -0.05) is 78.9 Å². The number of benzene rings is 4. The van der Waals surface area contributed by atoms with Crippen LogP contribution in [0.1, 0.15) is 15.9 Å². The van der Waals surface area contributed by atoms with Crippen LogP contribution in [0.25, 0.3) is 27.8 Å². The minimum atomic E-state index is -3.87. The van der Waals surface area contributed by atoms with E-state index in [1.807, 2.05) is 84.9 Å². The van der Waals surface area contributed by atoms with Gasteiger partial charge >= 0.3 is 0 Å². The van der Waals surface area contributed by atoms with Gasteiger partial charge < -0.3 is 9.67 Å². The molecule has 11 heteroatoms. The Morgan fingerprint density at radius 1 is 0.857 bits per heavy atom. The summed E-state index contributed by atoms with van der Waals surface area (Å²) in [5, 5.41) is 29.7. The van der Waals surface area contributed by atoms with E-state index in [0.717, 1.165) is 11.1 Å². The van der Waals surface area contributed by atoms with Crippen molar-refractivity contribution in [3.05, 3.63) is 127 Å². The van der Waals surface area contributed by atoms with Crippen molar-refractivity contribution in [3.63, 3.8) is 0 Å². The Kier molecular flexibility index (Phi) is 6.95. The zero-order valence-corrected chi connectivity index (χ0v) is 22.9. The standard InChI is InChI=1S/C31H24N6O4S/c32-42(40,41)24-17-15-23(16-18-24)37-29(22-11-5-2-6-12-22)26(19-33-37)30(38)35-34-28-25-13-7-8-14-27(25)36(31(28)39)20-21-9-3-1-4-10-21/h1-19,39H,20H2,(H2,32,40,41). The zero-order chi connectivity index (χ0) is 29.3. The van der Waals surface area contributed by atoms with Gasteiger partial charge in [0.15, 0.2) is 5.69 Å². The summed E-state index contributed by atoms with van der Waals surface area (Å²) in [6.45, 7) is 0.409. The van der Waals surface area contributed by atoms with Crippen LogP contribution in [-0.4, -0.2) is 33.8 Å². The van der Waals surface area contributed by atoms with Crippen LogP contribution in [0.2, 0.25) is 0 Å². The number of carbonyl (C=O) groups is 1. The van der Waals surface area contributed by atoms with Crippen LogP contribution in [0.5, 0.6) is 5.88 Å². The maximum atomic E-state index is 13.5. The molecule has 10 nitrogen and oxygen atoms in total. The lowest BCUT2D eigenvalue weighted by Crippen LogP contribution is -2.12. The summed E-state index contributed by atoms with van der Waals surface area (Å²) in [6.07, 6.45) is 1.38. The van der Waals surface area contributed by atoms with Crippen LogP contribution in [0.3, 0.4) is 0 Å². The van der Waals surface area contributed by atoms with Gasteiger partial charge in [-0.05, 0) is 35.9 Å². The van der Waals surface area contributed by atoms with Gasteiger partial charge in [0.2, 0.25) is 15.9 Å². The quantitative estimate of drug-likeness (QED) is 0.230. The van der Waals surface area contributed by atoms with Crippen molar-refractivity contribution >= 4 is 32.5 Å². The van der Waals surface area contributed by atoms with Crippen molar-refractivity contribution in [2.45, 2.75) is 11.4 Å². The molecule has 0 saturated carbocycles. The molecule has 0 atom stereocenters. The second-order valence-corrected chi connectivity index (χ2v) is 11.1. The minimum absolute atomic E-state index is 0.0454. The van der Waals surface area contributed by atoms with Gasteiger partial charge in [0.05, 0.1) is 40.1 Å². The number of azo groups is 1. The molecule has 0 bridgehead atoms. The van der Waals surface area contributed by atoms with Gasteiger partial charge in [0.1, 0.15) is 0 Å². The molecule has 1 amide bonds. The molecule has 0 spiro atoms. The number of sulfonamides is 1. The Morgan fingerprint density at radius 3 is 2.19 bits per heavy atom. The van der Waals surface area contributed by atoms with Crippen molar-refractivity contribution in [1.29, 1.82) is 0 Å². The van der Waals surface area contributed by atoms with Crippen molar-refractivity contribution in [2.24, 2.45) is 15.4 Å². The summed E-state index contributed by atoms with van der Waals surface area (Å²) in [7, 11) is -3.87. The smallest absolute Gasteiger partial charge is 0.299 e. The van der Waals surface area contributed by atoms with Gasteiger partial charge in [0, 0.05) is 10.9 Å². The highest BCUT2D eigenvalue weighted by atomic mass is 32.2. The molecule has 3 N–H and O–H groups in total. The Hall–Kier alpha value is -5.39. The molecule has 42 heavy (non-hydrogen) atoms. The average molecular weight is 577 g/mol. The Balaban J connectivity index is 1.40. The number of aromatic nitrogens is 3. The number of fused-ring (bicyclic) bond motifs is 1. The van der Waals surface area contributed by atoms with E-state index in [1.54, 1.807) is 16.7 Å². The molecule has 208 valence electrons. The first-order chi connectivity index (χ1) is 20.3. The van der Waals surface area contributed by atoms with E-state index in [0.29, 0.717) is 28.9 Å². The van der Waals surface area contributed by atoms with Gasteiger partial charge in [-0.3, -0.25) is 4.79 Å². The maximum Gasteiger partial charge on any atom is 0.299 e. The van der Waals surface area contributed by atoms with E-state index in [4.69, 9.17) is 5.14 Å². The van der Waals surface area contributed by atoms with Gasteiger partial charge in [-0.2, -0.15) is 5.10 Å². The first kappa shape index (κ1) is 26.8. The van der Waals surface area contributed by atoms with Crippen molar-refractivity contribution in [1.82, 2.24) is 14.3 Å². The number of rotatable bonds is 7. The topological polar surface area (TPSA) is 145 Å². The number of carbonyl (C=O) groups excluding carboxylic acids is 1. The minimum Gasteiger partial charge on any atom is -0.493 e. The third-order valence-corrected chi connectivity index (χ3v) is 7.73. The number of aromatic hydroxyl groups is 1. The fraction of sp³-hybridized carbons (Fsp3) is 0.0323. The van der Waals surface area contributed by atoms with Gasteiger partial charge in [-0.25, -0.2) is 18.2 Å². The molecule has 0 fully saturated rings. The number of hydrogen-bond acceptors (Lipinski definition) is 6. The highest BCUT2D eigenvalue weighted by Crippen LogP contribution is 2.39. The summed E-state index contributed by atoms with van der Waals surface area (Å²) in [4.78, 5) is 13.4. The summed E-state index contributed by atoms with van der Waals surface area (Å²) in [5.74, 6) is -0.772. The number of hydrogen-bond donors (Lipinski definition) is 2. The predicted octanol–water partition coefficient (Wildman–Crippen LogP) is 5.82. The van der Waals surface area contributed by atoms with Crippen LogP contribution in [0, 0.1) is 0 Å². The second kappa shape index (κ2) is 10.9. The number of amides is 1. The molecular formula is C31H24N6O4S. The fourth-order valence-corrected chi connectivity index (χ4v) is 5.31. The van der Waals surface area contributed by atoms with Crippen molar-refractivity contribution < 1.29 is 18.3 Å². The van der Waals surface area contributed by atoms with Crippen LogP contribution in [0.4, 0.5) is 5.69 Å². The summed E-state index contributed by atoms with van der Waals surface area (Å²) >= 11 is 0. The molecular weight excluding hydrogens is 552 g/mol. The molecule has 0 aliphatic carbocycles. The molecule has 0 saturated heterocycles.